The van der Waals surface area contributed by atoms with E-state index in [2.05, 4.69) is 23.7 Å². The molecule has 4 heteroatoms. The fourth-order valence-corrected chi connectivity index (χ4v) is 4.50. The summed E-state index contributed by atoms with van der Waals surface area (Å²) < 4.78 is 5.28. The van der Waals surface area contributed by atoms with E-state index in [4.69, 9.17) is 4.74 Å². The van der Waals surface area contributed by atoms with Crippen LogP contribution in [0.2, 0.25) is 0 Å². The lowest BCUT2D eigenvalue weighted by Crippen LogP contribution is -2.22. The lowest BCUT2D eigenvalue weighted by Gasteiger charge is -2.18. The first kappa shape index (κ1) is 17.1. The van der Waals surface area contributed by atoms with Gasteiger partial charge in [0.25, 0.3) is 0 Å². The van der Waals surface area contributed by atoms with E-state index < -0.39 is 13.9 Å². The first-order chi connectivity index (χ1) is 12.1. The Hall–Kier alpha value is -2.77. The van der Waals surface area contributed by atoms with E-state index in [1.807, 2.05) is 66.9 Å². The SMILES string of the molecule is C=C(C)C(=O)Oc1ccc(P(c2ccccc2)c2ccccn2)cc1. The van der Waals surface area contributed by atoms with E-state index >= 15 is 0 Å². The number of nitrogens with zero attached hydrogens (tertiary/aromatic N) is 1. The Morgan fingerprint density at radius 1 is 0.920 bits per heavy atom. The largest absolute Gasteiger partial charge is 0.423 e. The summed E-state index contributed by atoms with van der Waals surface area (Å²) in [5.41, 5.74) is 1.42. The van der Waals surface area contributed by atoms with Gasteiger partial charge in [-0.15, -0.1) is 0 Å². The van der Waals surface area contributed by atoms with Crippen molar-refractivity contribution < 1.29 is 9.53 Å². The first-order valence-electron chi connectivity index (χ1n) is 7.89. The number of ether oxygens (including phenoxy) is 1. The van der Waals surface area contributed by atoms with Crippen molar-refractivity contribution >= 4 is 29.9 Å². The Balaban J connectivity index is 1.94. The second kappa shape index (κ2) is 7.87. The second-order valence-electron chi connectivity index (χ2n) is 5.52. The summed E-state index contributed by atoms with van der Waals surface area (Å²) in [5, 5.41) is 2.37. The Morgan fingerprint density at radius 2 is 1.56 bits per heavy atom. The number of carbonyl (C=O) groups is 1. The quantitative estimate of drug-likeness (QED) is 0.308. The molecule has 1 unspecified atom stereocenters. The first-order valence-corrected chi connectivity index (χ1v) is 9.23. The van der Waals surface area contributed by atoms with Gasteiger partial charge in [0.2, 0.25) is 0 Å². The van der Waals surface area contributed by atoms with Crippen molar-refractivity contribution in [3.05, 3.63) is 91.1 Å². The minimum atomic E-state index is -0.760. The van der Waals surface area contributed by atoms with Gasteiger partial charge in [-0.05, 0) is 41.8 Å². The van der Waals surface area contributed by atoms with E-state index in [0.29, 0.717) is 11.3 Å². The van der Waals surface area contributed by atoms with Gasteiger partial charge in [0.1, 0.15) is 5.75 Å². The monoisotopic (exact) mass is 347 g/mol. The summed E-state index contributed by atoms with van der Waals surface area (Å²) in [6.07, 6.45) is 1.82. The van der Waals surface area contributed by atoms with E-state index in [1.165, 1.54) is 5.30 Å². The van der Waals surface area contributed by atoms with Gasteiger partial charge in [-0.2, -0.15) is 0 Å². The maximum absolute atomic E-state index is 11.6. The molecule has 0 aliphatic rings. The molecular formula is C21H18NO2P. The fourth-order valence-electron chi connectivity index (χ4n) is 2.33. The highest BCUT2D eigenvalue weighted by Crippen LogP contribution is 2.32. The van der Waals surface area contributed by atoms with Crippen molar-refractivity contribution in [2.24, 2.45) is 0 Å². The van der Waals surface area contributed by atoms with E-state index in [-0.39, 0.29) is 0 Å². The number of benzene rings is 2. The minimum Gasteiger partial charge on any atom is -0.423 e. The molecular weight excluding hydrogens is 329 g/mol. The standard InChI is InChI=1S/C21H18NO2P/c1-16(2)21(23)24-17-11-13-19(14-12-17)25(18-8-4-3-5-9-18)20-10-6-7-15-22-20/h3-15H,1H2,2H3. The van der Waals surface area contributed by atoms with E-state index in [1.54, 1.807) is 6.92 Å². The molecule has 124 valence electrons. The third kappa shape index (κ3) is 4.20. The van der Waals surface area contributed by atoms with Crippen LogP contribution >= 0.6 is 7.92 Å². The third-order valence-corrected chi connectivity index (χ3v) is 5.90. The molecule has 0 fully saturated rings. The highest BCUT2D eigenvalue weighted by Gasteiger charge is 2.17. The molecule has 1 heterocycles. The number of pyridine rings is 1. The lowest BCUT2D eigenvalue weighted by molar-refractivity contribution is -0.130. The average Bonchev–Trinajstić information content (AvgIpc) is 2.65. The highest BCUT2D eigenvalue weighted by atomic mass is 31.1. The highest BCUT2D eigenvalue weighted by molar-refractivity contribution is 7.79. The van der Waals surface area contributed by atoms with Crippen molar-refractivity contribution in [3.8, 4) is 5.75 Å². The molecule has 0 saturated heterocycles. The Bertz CT molecular complexity index is 822. The predicted molar refractivity (Wildman–Crippen MR) is 103 cm³/mol. The van der Waals surface area contributed by atoms with Crippen molar-refractivity contribution in [2.45, 2.75) is 6.92 Å². The Kier molecular flexibility index (Phi) is 5.37. The second-order valence-corrected chi connectivity index (χ2v) is 7.68. The molecule has 0 radical (unpaired) electrons. The van der Waals surface area contributed by atoms with E-state index in [0.717, 1.165) is 10.7 Å². The van der Waals surface area contributed by atoms with Gasteiger partial charge in [-0.25, -0.2) is 4.79 Å². The summed E-state index contributed by atoms with van der Waals surface area (Å²) in [6.45, 7) is 5.23. The number of hydrogen-bond donors (Lipinski definition) is 0. The molecule has 3 nitrogen and oxygen atoms in total. The van der Waals surface area contributed by atoms with Gasteiger partial charge in [0, 0.05) is 19.7 Å². The Morgan fingerprint density at radius 3 is 2.16 bits per heavy atom. The zero-order valence-electron chi connectivity index (χ0n) is 13.9. The van der Waals surface area contributed by atoms with Crippen LogP contribution < -0.4 is 20.8 Å². The van der Waals surface area contributed by atoms with Crippen molar-refractivity contribution in [2.75, 3.05) is 0 Å². The van der Waals surface area contributed by atoms with Crippen LogP contribution in [0.4, 0.5) is 0 Å². The number of rotatable bonds is 5. The van der Waals surface area contributed by atoms with Gasteiger partial charge >= 0.3 is 5.97 Å². The van der Waals surface area contributed by atoms with Crippen LogP contribution in [0.5, 0.6) is 5.75 Å². The summed E-state index contributed by atoms with van der Waals surface area (Å²) in [6, 6.07) is 23.9. The summed E-state index contributed by atoms with van der Waals surface area (Å²) in [5.74, 6) is 0.101. The van der Waals surface area contributed by atoms with Crippen LogP contribution in [0.15, 0.2) is 91.1 Å². The molecule has 1 aromatic heterocycles. The zero-order valence-corrected chi connectivity index (χ0v) is 14.8. The summed E-state index contributed by atoms with van der Waals surface area (Å²) in [4.78, 5) is 16.2. The van der Waals surface area contributed by atoms with Crippen LogP contribution in [-0.4, -0.2) is 11.0 Å². The summed E-state index contributed by atoms with van der Waals surface area (Å²) >= 11 is 0. The van der Waals surface area contributed by atoms with Crippen LogP contribution in [0, 0.1) is 0 Å². The number of aromatic nitrogens is 1. The molecule has 1 atom stereocenters. The van der Waals surface area contributed by atoms with Crippen LogP contribution in [-0.2, 0) is 4.79 Å². The van der Waals surface area contributed by atoms with Crippen molar-refractivity contribution in [3.63, 3.8) is 0 Å². The van der Waals surface area contributed by atoms with Crippen LogP contribution in [0.25, 0.3) is 0 Å². The topological polar surface area (TPSA) is 39.2 Å². The van der Waals surface area contributed by atoms with Gasteiger partial charge in [0.15, 0.2) is 0 Å². The molecule has 0 N–H and O–H groups in total. The number of carbonyl (C=O) groups excluding carboxylic acids is 1. The zero-order chi connectivity index (χ0) is 17.6. The molecule has 0 bridgehead atoms. The molecule has 0 saturated carbocycles. The molecule has 3 aromatic rings. The molecule has 3 rings (SSSR count). The number of hydrogen-bond acceptors (Lipinski definition) is 3. The van der Waals surface area contributed by atoms with Crippen LogP contribution in [0.1, 0.15) is 6.92 Å². The number of esters is 1. The van der Waals surface area contributed by atoms with Gasteiger partial charge in [-0.1, -0.05) is 55.1 Å². The molecule has 25 heavy (non-hydrogen) atoms. The maximum Gasteiger partial charge on any atom is 0.338 e. The smallest absolute Gasteiger partial charge is 0.338 e. The van der Waals surface area contributed by atoms with E-state index in [9.17, 15) is 4.79 Å². The average molecular weight is 347 g/mol. The predicted octanol–water partition coefficient (Wildman–Crippen LogP) is 3.32. The molecule has 0 aliphatic heterocycles. The summed E-state index contributed by atoms with van der Waals surface area (Å²) in [7, 11) is -0.760. The third-order valence-electron chi connectivity index (χ3n) is 3.55. The van der Waals surface area contributed by atoms with Gasteiger partial charge in [-0.3, -0.25) is 4.98 Å². The van der Waals surface area contributed by atoms with Crippen LogP contribution in [0.3, 0.4) is 0 Å². The van der Waals surface area contributed by atoms with Crippen molar-refractivity contribution in [1.29, 1.82) is 0 Å². The van der Waals surface area contributed by atoms with Crippen molar-refractivity contribution in [1.82, 2.24) is 4.98 Å². The fraction of sp³-hybridized carbons (Fsp3) is 0.0476. The van der Waals surface area contributed by atoms with Gasteiger partial charge < -0.3 is 4.74 Å². The Labute approximate surface area is 148 Å². The molecule has 0 amide bonds. The molecule has 2 aromatic carbocycles. The normalized spacial score (nSPS) is 11.6. The molecule has 0 spiro atoms. The lowest BCUT2D eigenvalue weighted by atomic mass is 10.3. The van der Waals surface area contributed by atoms with Gasteiger partial charge in [0.05, 0.1) is 5.44 Å². The molecule has 0 aliphatic carbocycles. The minimum absolute atomic E-state index is 0.379. The maximum atomic E-state index is 11.6.